The zero-order valence-electron chi connectivity index (χ0n) is 12.6. The van der Waals surface area contributed by atoms with Gasteiger partial charge in [-0.15, -0.1) is 0 Å². The number of rotatable bonds is 6. The van der Waals surface area contributed by atoms with Crippen molar-refractivity contribution in [2.24, 2.45) is 5.92 Å². The van der Waals surface area contributed by atoms with Crippen molar-refractivity contribution in [1.82, 2.24) is 5.32 Å². The monoisotopic (exact) mass is 281 g/mol. The van der Waals surface area contributed by atoms with Crippen LogP contribution in [0.25, 0.3) is 0 Å². The van der Waals surface area contributed by atoms with Crippen LogP contribution in [-0.2, 0) is 12.8 Å². The summed E-state index contributed by atoms with van der Waals surface area (Å²) in [6, 6.07) is 19.2. The van der Waals surface area contributed by atoms with Gasteiger partial charge in [-0.25, -0.2) is 0 Å². The van der Waals surface area contributed by atoms with Crippen LogP contribution in [0.2, 0.25) is 0 Å². The molecule has 0 fully saturated rings. The fourth-order valence-electron chi connectivity index (χ4n) is 3.23. The maximum absolute atomic E-state index is 6.09. The third kappa shape index (κ3) is 3.64. The maximum atomic E-state index is 6.09. The normalized spacial score (nSPS) is 18.0. The van der Waals surface area contributed by atoms with Crippen molar-refractivity contribution in [2.75, 3.05) is 13.6 Å². The minimum absolute atomic E-state index is 0.324. The first-order valence-electron chi connectivity index (χ1n) is 7.78. The predicted octanol–water partition coefficient (Wildman–Crippen LogP) is 3.46. The van der Waals surface area contributed by atoms with Crippen LogP contribution < -0.4 is 10.1 Å². The van der Waals surface area contributed by atoms with E-state index >= 15 is 0 Å². The molecule has 0 aliphatic carbocycles. The third-order valence-electron chi connectivity index (χ3n) is 4.17. The molecule has 0 saturated carbocycles. The molecule has 0 bridgehead atoms. The summed E-state index contributed by atoms with van der Waals surface area (Å²) >= 11 is 0. The molecule has 0 saturated heterocycles. The fraction of sp³-hybridized carbons (Fsp3) is 0.368. The number of para-hydroxylation sites is 1. The lowest BCUT2D eigenvalue weighted by Gasteiger charge is -2.20. The molecule has 2 aromatic rings. The highest BCUT2D eigenvalue weighted by Crippen LogP contribution is 2.31. The van der Waals surface area contributed by atoms with Gasteiger partial charge in [0, 0.05) is 6.42 Å². The first-order valence-corrected chi connectivity index (χ1v) is 7.78. The second kappa shape index (κ2) is 6.77. The molecule has 2 aromatic carbocycles. The molecule has 0 spiro atoms. The summed E-state index contributed by atoms with van der Waals surface area (Å²) in [6.07, 6.45) is 3.58. The summed E-state index contributed by atoms with van der Waals surface area (Å²) in [7, 11) is 2.03. The molecular formula is C19H23NO. The molecule has 1 N–H and O–H groups in total. The Hall–Kier alpha value is -1.80. The number of fused-ring (bicyclic) bond motifs is 1. The van der Waals surface area contributed by atoms with Gasteiger partial charge in [-0.1, -0.05) is 48.5 Å². The summed E-state index contributed by atoms with van der Waals surface area (Å²) in [5, 5.41) is 3.33. The first-order chi connectivity index (χ1) is 10.3. The van der Waals surface area contributed by atoms with Gasteiger partial charge in [0.1, 0.15) is 11.9 Å². The van der Waals surface area contributed by atoms with E-state index in [0.717, 1.165) is 31.6 Å². The molecule has 2 nitrogen and oxygen atoms in total. The minimum Gasteiger partial charge on any atom is -0.490 e. The number of hydrogen-bond acceptors (Lipinski definition) is 2. The van der Waals surface area contributed by atoms with E-state index in [1.54, 1.807) is 0 Å². The van der Waals surface area contributed by atoms with Crippen LogP contribution in [0.15, 0.2) is 54.6 Å². The van der Waals surface area contributed by atoms with Crippen molar-refractivity contribution >= 4 is 0 Å². The molecule has 1 aliphatic heterocycles. The van der Waals surface area contributed by atoms with Crippen LogP contribution in [-0.4, -0.2) is 19.7 Å². The molecule has 0 radical (unpaired) electrons. The van der Waals surface area contributed by atoms with Crippen molar-refractivity contribution in [3.05, 3.63) is 65.7 Å². The lowest BCUT2D eigenvalue weighted by Crippen LogP contribution is -2.27. The second-order valence-corrected chi connectivity index (χ2v) is 5.90. The highest BCUT2D eigenvalue weighted by molar-refractivity contribution is 5.37. The lowest BCUT2D eigenvalue weighted by molar-refractivity contribution is 0.192. The summed E-state index contributed by atoms with van der Waals surface area (Å²) in [4.78, 5) is 0. The zero-order chi connectivity index (χ0) is 14.5. The van der Waals surface area contributed by atoms with Crippen LogP contribution in [0.5, 0.6) is 5.75 Å². The molecule has 2 unspecified atom stereocenters. The van der Waals surface area contributed by atoms with Crippen LogP contribution in [0.3, 0.4) is 0 Å². The largest absolute Gasteiger partial charge is 0.490 e. The van der Waals surface area contributed by atoms with Crippen LogP contribution >= 0.6 is 0 Å². The lowest BCUT2D eigenvalue weighted by atomic mass is 9.92. The van der Waals surface area contributed by atoms with Crippen molar-refractivity contribution in [2.45, 2.75) is 25.4 Å². The number of benzene rings is 2. The zero-order valence-corrected chi connectivity index (χ0v) is 12.6. The van der Waals surface area contributed by atoms with Gasteiger partial charge in [0.25, 0.3) is 0 Å². The van der Waals surface area contributed by atoms with E-state index in [0.29, 0.717) is 12.0 Å². The number of hydrogen-bond donors (Lipinski definition) is 1. The van der Waals surface area contributed by atoms with E-state index in [1.165, 1.54) is 11.1 Å². The van der Waals surface area contributed by atoms with Gasteiger partial charge >= 0.3 is 0 Å². The van der Waals surface area contributed by atoms with E-state index in [9.17, 15) is 0 Å². The molecule has 21 heavy (non-hydrogen) atoms. The predicted molar refractivity (Wildman–Crippen MR) is 86.7 cm³/mol. The Balaban J connectivity index is 1.61. The average molecular weight is 281 g/mol. The summed E-state index contributed by atoms with van der Waals surface area (Å²) in [5.41, 5.74) is 2.76. The second-order valence-electron chi connectivity index (χ2n) is 5.90. The molecular weight excluding hydrogens is 258 g/mol. The Bertz CT molecular complexity index is 542. The molecule has 2 heteroatoms. The summed E-state index contributed by atoms with van der Waals surface area (Å²) in [6.45, 7) is 1.03. The first kappa shape index (κ1) is 14.2. The topological polar surface area (TPSA) is 21.3 Å². The maximum Gasteiger partial charge on any atom is 0.123 e. The van der Waals surface area contributed by atoms with Crippen LogP contribution in [0.1, 0.15) is 17.5 Å². The van der Waals surface area contributed by atoms with Crippen LogP contribution in [0, 0.1) is 5.92 Å². The van der Waals surface area contributed by atoms with Crippen LogP contribution in [0.4, 0.5) is 0 Å². The van der Waals surface area contributed by atoms with Crippen molar-refractivity contribution in [3.63, 3.8) is 0 Å². The third-order valence-corrected chi connectivity index (χ3v) is 4.17. The van der Waals surface area contributed by atoms with Gasteiger partial charge < -0.3 is 10.1 Å². The SMILES string of the molecule is CNCC(Cc1ccccc1)CC1Cc2ccccc2O1. The van der Waals surface area contributed by atoms with Gasteiger partial charge in [-0.2, -0.15) is 0 Å². The highest BCUT2D eigenvalue weighted by Gasteiger charge is 2.25. The molecule has 1 heterocycles. The summed E-state index contributed by atoms with van der Waals surface area (Å²) < 4.78 is 6.09. The molecule has 110 valence electrons. The fourth-order valence-corrected chi connectivity index (χ4v) is 3.23. The molecule has 3 rings (SSSR count). The van der Waals surface area contributed by atoms with E-state index < -0.39 is 0 Å². The highest BCUT2D eigenvalue weighted by atomic mass is 16.5. The standard InChI is InChI=1S/C19H23NO/c1-20-14-16(11-15-7-3-2-4-8-15)12-18-13-17-9-5-6-10-19(17)21-18/h2-10,16,18,20H,11-14H2,1H3. The Labute approximate surface area is 127 Å². The van der Waals surface area contributed by atoms with Gasteiger partial charge in [0.05, 0.1) is 0 Å². The number of ether oxygens (including phenoxy) is 1. The average Bonchev–Trinajstić information content (AvgIpc) is 2.90. The Morgan fingerprint density at radius 1 is 1.10 bits per heavy atom. The van der Waals surface area contributed by atoms with Crippen molar-refractivity contribution in [1.29, 1.82) is 0 Å². The quantitative estimate of drug-likeness (QED) is 0.875. The van der Waals surface area contributed by atoms with E-state index in [1.807, 2.05) is 7.05 Å². The van der Waals surface area contributed by atoms with Gasteiger partial charge in [-0.3, -0.25) is 0 Å². The molecule has 2 atom stereocenters. The minimum atomic E-state index is 0.324. The van der Waals surface area contributed by atoms with Gasteiger partial charge in [0.15, 0.2) is 0 Å². The van der Waals surface area contributed by atoms with Crippen molar-refractivity contribution < 1.29 is 4.74 Å². The van der Waals surface area contributed by atoms with Crippen molar-refractivity contribution in [3.8, 4) is 5.75 Å². The van der Waals surface area contributed by atoms with E-state index in [-0.39, 0.29) is 0 Å². The smallest absolute Gasteiger partial charge is 0.123 e. The Morgan fingerprint density at radius 2 is 1.86 bits per heavy atom. The molecule has 0 amide bonds. The Morgan fingerprint density at radius 3 is 2.62 bits per heavy atom. The van der Waals surface area contributed by atoms with Gasteiger partial charge in [-0.05, 0) is 49.5 Å². The summed E-state index contributed by atoms with van der Waals surface area (Å²) in [5.74, 6) is 1.68. The van der Waals surface area contributed by atoms with E-state index in [2.05, 4.69) is 59.9 Å². The Kier molecular flexibility index (Phi) is 4.56. The van der Waals surface area contributed by atoms with E-state index in [4.69, 9.17) is 4.74 Å². The number of nitrogens with one attached hydrogen (secondary N) is 1. The molecule has 0 aromatic heterocycles. The van der Waals surface area contributed by atoms with Gasteiger partial charge in [0.2, 0.25) is 0 Å². The molecule has 1 aliphatic rings.